The fourth-order valence-electron chi connectivity index (χ4n) is 1.89. The lowest BCUT2D eigenvalue weighted by Gasteiger charge is -2.09. The van der Waals surface area contributed by atoms with Crippen molar-refractivity contribution in [2.75, 3.05) is 18.5 Å². The van der Waals surface area contributed by atoms with Crippen LogP contribution in [0.5, 0.6) is 5.75 Å². The van der Waals surface area contributed by atoms with Crippen molar-refractivity contribution in [2.45, 2.75) is 4.90 Å². The van der Waals surface area contributed by atoms with E-state index in [1.54, 1.807) is 0 Å². The van der Waals surface area contributed by atoms with Crippen molar-refractivity contribution in [3.05, 3.63) is 58.6 Å². The van der Waals surface area contributed by atoms with Crippen LogP contribution < -0.4 is 15.2 Å². The number of nitro groups is 1. The zero-order valence-electron chi connectivity index (χ0n) is 12.0. The minimum Gasteiger partial charge on any atom is -0.492 e. The average Bonchev–Trinajstić information content (AvgIpc) is 2.51. The van der Waals surface area contributed by atoms with Crippen LogP contribution in [0.1, 0.15) is 0 Å². The van der Waals surface area contributed by atoms with Crippen molar-refractivity contribution >= 4 is 21.4 Å². The van der Waals surface area contributed by atoms with E-state index in [1.807, 2.05) is 30.3 Å². The summed E-state index contributed by atoms with van der Waals surface area (Å²) in [5.41, 5.74) is -0.165. The second-order valence-electron chi connectivity index (χ2n) is 4.57. The molecule has 3 N–H and O–H groups in total. The van der Waals surface area contributed by atoms with Gasteiger partial charge in [0.25, 0.3) is 5.69 Å². The van der Waals surface area contributed by atoms with Crippen molar-refractivity contribution in [1.82, 2.24) is 0 Å². The predicted molar refractivity (Wildman–Crippen MR) is 84.9 cm³/mol. The highest BCUT2D eigenvalue weighted by Gasteiger charge is 2.22. The largest absolute Gasteiger partial charge is 0.492 e. The third kappa shape index (κ3) is 4.66. The smallest absolute Gasteiger partial charge is 0.291 e. The summed E-state index contributed by atoms with van der Waals surface area (Å²) >= 11 is 0. The van der Waals surface area contributed by atoms with Crippen LogP contribution in [0.4, 0.5) is 11.4 Å². The zero-order valence-corrected chi connectivity index (χ0v) is 12.8. The normalized spacial score (nSPS) is 11.0. The molecular formula is C14H15N3O5S. The summed E-state index contributed by atoms with van der Waals surface area (Å²) in [6.07, 6.45) is 0. The molecule has 0 aliphatic carbocycles. The molecule has 122 valence electrons. The van der Waals surface area contributed by atoms with Crippen molar-refractivity contribution in [2.24, 2.45) is 5.14 Å². The Labute approximate surface area is 133 Å². The number of nitrogens with one attached hydrogen (secondary N) is 1. The maximum atomic E-state index is 11.3. The van der Waals surface area contributed by atoms with Gasteiger partial charge in [0.1, 0.15) is 12.4 Å². The van der Waals surface area contributed by atoms with Crippen LogP contribution in [0.25, 0.3) is 0 Å². The lowest BCUT2D eigenvalue weighted by atomic mass is 10.3. The highest BCUT2D eigenvalue weighted by atomic mass is 32.2. The van der Waals surface area contributed by atoms with Gasteiger partial charge in [-0.05, 0) is 24.3 Å². The number of hydrogen-bond donors (Lipinski definition) is 2. The Bertz CT molecular complexity index is 793. The molecule has 2 aromatic rings. The number of nitro benzene ring substituents is 1. The van der Waals surface area contributed by atoms with Gasteiger partial charge in [0.15, 0.2) is 4.90 Å². The van der Waals surface area contributed by atoms with E-state index in [-0.39, 0.29) is 0 Å². The molecule has 0 amide bonds. The van der Waals surface area contributed by atoms with Crippen LogP contribution in [0.3, 0.4) is 0 Å². The molecule has 0 aromatic heterocycles. The molecular weight excluding hydrogens is 322 g/mol. The molecule has 0 aliphatic heterocycles. The molecule has 9 heteroatoms. The summed E-state index contributed by atoms with van der Waals surface area (Å²) in [5, 5.41) is 18.9. The molecule has 2 rings (SSSR count). The first-order chi connectivity index (χ1) is 10.9. The Hall–Kier alpha value is -2.65. The van der Waals surface area contributed by atoms with E-state index >= 15 is 0 Å². The number of hydrogen-bond acceptors (Lipinski definition) is 6. The van der Waals surface area contributed by atoms with Crippen molar-refractivity contribution in [3.63, 3.8) is 0 Å². The Morgan fingerprint density at radius 3 is 2.48 bits per heavy atom. The summed E-state index contributed by atoms with van der Waals surface area (Å²) in [7, 11) is -4.15. The summed E-state index contributed by atoms with van der Waals surface area (Å²) < 4.78 is 28.1. The predicted octanol–water partition coefficient (Wildman–Crippen LogP) is 1.73. The van der Waals surface area contributed by atoms with E-state index in [0.29, 0.717) is 24.6 Å². The maximum absolute atomic E-state index is 11.3. The van der Waals surface area contributed by atoms with Gasteiger partial charge in [-0.3, -0.25) is 10.1 Å². The molecule has 0 heterocycles. The first-order valence-corrected chi connectivity index (χ1v) is 8.15. The number of benzene rings is 2. The quantitative estimate of drug-likeness (QED) is 0.450. The molecule has 0 bridgehead atoms. The van der Waals surface area contributed by atoms with Gasteiger partial charge >= 0.3 is 0 Å². The van der Waals surface area contributed by atoms with Crippen LogP contribution in [0.2, 0.25) is 0 Å². The average molecular weight is 337 g/mol. The molecule has 0 fully saturated rings. The van der Waals surface area contributed by atoms with Crippen LogP contribution >= 0.6 is 0 Å². The Morgan fingerprint density at radius 2 is 1.87 bits per heavy atom. The Morgan fingerprint density at radius 1 is 1.17 bits per heavy atom. The molecule has 0 saturated carbocycles. The van der Waals surface area contributed by atoms with Gasteiger partial charge in [0.2, 0.25) is 10.0 Å². The monoisotopic (exact) mass is 337 g/mol. The number of anilines is 1. The van der Waals surface area contributed by atoms with Crippen LogP contribution in [0.15, 0.2) is 53.4 Å². The first-order valence-electron chi connectivity index (χ1n) is 6.61. The van der Waals surface area contributed by atoms with Crippen molar-refractivity contribution in [3.8, 4) is 5.75 Å². The molecule has 2 aromatic carbocycles. The molecule has 0 saturated heterocycles. The molecule has 8 nitrogen and oxygen atoms in total. The summed E-state index contributed by atoms with van der Waals surface area (Å²) in [6.45, 7) is 0.732. The molecule has 0 unspecified atom stereocenters. The number of rotatable bonds is 7. The SMILES string of the molecule is NS(=O)(=O)c1ccc(NCCOc2ccccc2)cc1[N+](=O)[O-]. The highest BCUT2D eigenvalue weighted by molar-refractivity contribution is 7.89. The second kappa shape index (κ2) is 7.07. The summed E-state index contributed by atoms with van der Waals surface area (Å²) in [4.78, 5) is 9.66. The van der Waals surface area contributed by atoms with E-state index in [4.69, 9.17) is 9.88 Å². The summed E-state index contributed by atoms with van der Waals surface area (Å²) in [5.74, 6) is 0.713. The first kappa shape index (κ1) is 16.7. The molecule has 0 aliphatic rings. The third-order valence-electron chi connectivity index (χ3n) is 2.91. The fourth-order valence-corrected chi connectivity index (χ4v) is 2.57. The second-order valence-corrected chi connectivity index (χ2v) is 6.10. The zero-order chi connectivity index (χ0) is 16.9. The van der Waals surface area contributed by atoms with E-state index in [2.05, 4.69) is 5.32 Å². The minimum absolute atomic E-state index is 0.342. The van der Waals surface area contributed by atoms with E-state index < -0.39 is 25.5 Å². The number of sulfonamides is 1. The molecule has 0 radical (unpaired) electrons. The molecule has 0 atom stereocenters. The van der Waals surface area contributed by atoms with Gasteiger partial charge in [0.05, 0.1) is 4.92 Å². The molecule has 0 spiro atoms. The molecule has 23 heavy (non-hydrogen) atoms. The number of ether oxygens (including phenoxy) is 1. The van der Waals surface area contributed by atoms with E-state index in [0.717, 1.165) is 12.1 Å². The van der Waals surface area contributed by atoms with Crippen LogP contribution in [-0.4, -0.2) is 26.5 Å². The van der Waals surface area contributed by atoms with Gasteiger partial charge in [-0.1, -0.05) is 18.2 Å². The van der Waals surface area contributed by atoms with Gasteiger partial charge in [0, 0.05) is 18.3 Å². The highest BCUT2D eigenvalue weighted by Crippen LogP contribution is 2.26. The van der Waals surface area contributed by atoms with E-state index in [9.17, 15) is 18.5 Å². The van der Waals surface area contributed by atoms with Gasteiger partial charge in [-0.15, -0.1) is 0 Å². The minimum atomic E-state index is -4.15. The van der Waals surface area contributed by atoms with Crippen molar-refractivity contribution in [1.29, 1.82) is 0 Å². The maximum Gasteiger partial charge on any atom is 0.291 e. The third-order valence-corrected chi connectivity index (χ3v) is 3.86. The number of primary sulfonamides is 1. The van der Waals surface area contributed by atoms with Crippen molar-refractivity contribution < 1.29 is 18.1 Å². The standard InChI is InChI=1S/C14H15N3O5S/c15-23(20,21)14-7-6-11(10-13(14)17(18)19)16-8-9-22-12-4-2-1-3-5-12/h1-7,10,16H,8-9H2,(H2,15,20,21). The fraction of sp³-hybridized carbons (Fsp3) is 0.143. The van der Waals surface area contributed by atoms with Crippen LogP contribution in [0, 0.1) is 10.1 Å². The lowest BCUT2D eigenvalue weighted by Crippen LogP contribution is -2.15. The Balaban J connectivity index is 2.01. The topological polar surface area (TPSA) is 125 Å². The van der Waals surface area contributed by atoms with Crippen LogP contribution in [-0.2, 0) is 10.0 Å². The van der Waals surface area contributed by atoms with Gasteiger partial charge < -0.3 is 10.1 Å². The van der Waals surface area contributed by atoms with E-state index in [1.165, 1.54) is 6.07 Å². The van der Waals surface area contributed by atoms with Gasteiger partial charge in [-0.25, -0.2) is 13.6 Å². The summed E-state index contributed by atoms with van der Waals surface area (Å²) in [6, 6.07) is 12.8. The number of para-hydroxylation sites is 1. The number of nitrogens with two attached hydrogens (primary N) is 1. The Kier molecular flexibility index (Phi) is 5.14. The van der Waals surface area contributed by atoms with Gasteiger partial charge in [-0.2, -0.15) is 0 Å². The lowest BCUT2D eigenvalue weighted by molar-refractivity contribution is -0.387. The number of nitrogens with zero attached hydrogens (tertiary/aromatic N) is 1.